The second-order valence-electron chi connectivity index (χ2n) is 11.0. The van der Waals surface area contributed by atoms with Crippen LogP contribution < -0.4 is 5.11 Å². The van der Waals surface area contributed by atoms with E-state index >= 15 is 0 Å². The van der Waals surface area contributed by atoms with E-state index in [1.54, 1.807) is 0 Å². The molecule has 5 nitrogen and oxygen atoms in total. The normalized spacial score (nSPS) is 12.8. The summed E-state index contributed by atoms with van der Waals surface area (Å²) in [6, 6.07) is 0. The number of ether oxygens (including phenoxy) is 1. The van der Waals surface area contributed by atoms with Crippen molar-refractivity contribution in [2.24, 2.45) is 0 Å². The molecule has 0 aromatic heterocycles. The molecule has 200 valence electrons. The Morgan fingerprint density at radius 3 is 1.53 bits per heavy atom. The van der Waals surface area contributed by atoms with Crippen LogP contribution in [-0.4, -0.2) is 50.2 Å². The zero-order chi connectivity index (χ0) is 25.5. The molecule has 0 heterocycles. The SMILES string of the molecule is CCCCCCCCCCCCCCCCCCCC=CC(=O)OC(CC(=O)[O-])C[N+](C)(C)C. The topological polar surface area (TPSA) is 66.4 Å². The van der Waals surface area contributed by atoms with Gasteiger partial charge in [0.05, 0.1) is 21.1 Å². The highest BCUT2D eigenvalue weighted by atomic mass is 16.5. The Hall–Kier alpha value is -1.36. The van der Waals surface area contributed by atoms with Gasteiger partial charge in [0.2, 0.25) is 0 Å². The van der Waals surface area contributed by atoms with Crippen molar-refractivity contribution in [1.82, 2.24) is 0 Å². The fourth-order valence-corrected chi connectivity index (χ4v) is 4.31. The molecule has 1 atom stereocenters. The van der Waals surface area contributed by atoms with Crippen LogP contribution in [0.3, 0.4) is 0 Å². The molecule has 0 amide bonds. The average Bonchev–Trinajstić information content (AvgIpc) is 2.73. The van der Waals surface area contributed by atoms with E-state index in [9.17, 15) is 14.7 Å². The molecule has 0 fully saturated rings. The van der Waals surface area contributed by atoms with Crippen molar-refractivity contribution in [1.29, 1.82) is 0 Å². The van der Waals surface area contributed by atoms with Crippen LogP contribution in [0.5, 0.6) is 0 Å². The summed E-state index contributed by atoms with van der Waals surface area (Å²) in [4.78, 5) is 22.9. The Bertz CT molecular complexity index is 525. The van der Waals surface area contributed by atoms with Gasteiger partial charge in [-0.05, 0) is 12.8 Å². The number of unbranched alkanes of at least 4 members (excludes halogenated alkanes) is 17. The van der Waals surface area contributed by atoms with E-state index in [1.165, 1.54) is 109 Å². The first-order chi connectivity index (χ1) is 16.2. The molecule has 34 heavy (non-hydrogen) atoms. The van der Waals surface area contributed by atoms with Crippen LogP contribution in [0.25, 0.3) is 0 Å². The standard InChI is InChI=1S/C29H55NO4/c1-5-6-7-8-9-10-11-12-13-14-15-16-17-18-19-20-21-22-23-24-29(33)34-27(25-28(31)32)26-30(2,3)4/h23-24,27H,5-22,25-26H2,1-4H3. The third kappa shape index (κ3) is 25.3. The number of aliphatic carboxylic acids is 1. The van der Waals surface area contributed by atoms with E-state index in [4.69, 9.17) is 4.74 Å². The van der Waals surface area contributed by atoms with E-state index in [1.807, 2.05) is 27.2 Å². The van der Waals surface area contributed by atoms with Gasteiger partial charge in [-0.2, -0.15) is 0 Å². The zero-order valence-electron chi connectivity index (χ0n) is 23.0. The predicted octanol–water partition coefficient (Wildman–Crippen LogP) is 6.34. The van der Waals surface area contributed by atoms with Gasteiger partial charge in [0.15, 0.2) is 6.10 Å². The highest BCUT2D eigenvalue weighted by Gasteiger charge is 2.21. The predicted molar refractivity (Wildman–Crippen MR) is 140 cm³/mol. The van der Waals surface area contributed by atoms with Gasteiger partial charge < -0.3 is 19.1 Å². The molecule has 0 saturated carbocycles. The lowest BCUT2D eigenvalue weighted by Crippen LogP contribution is -2.45. The van der Waals surface area contributed by atoms with Gasteiger partial charge in [0, 0.05) is 18.5 Å². The maximum Gasteiger partial charge on any atom is 0.330 e. The van der Waals surface area contributed by atoms with E-state index in [0.29, 0.717) is 11.0 Å². The number of likely N-dealkylation sites (N-methyl/N-ethyl adjacent to an activating group) is 1. The monoisotopic (exact) mass is 481 g/mol. The van der Waals surface area contributed by atoms with Gasteiger partial charge in [-0.15, -0.1) is 0 Å². The van der Waals surface area contributed by atoms with Crippen molar-refractivity contribution in [3.05, 3.63) is 12.2 Å². The second kappa shape index (κ2) is 22.1. The minimum atomic E-state index is -1.20. The van der Waals surface area contributed by atoms with Gasteiger partial charge >= 0.3 is 5.97 Å². The number of carboxylic acid groups (broad SMARTS) is 1. The van der Waals surface area contributed by atoms with E-state index in [2.05, 4.69) is 6.92 Å². The number of rotatable bonds is 24. The van der Waals surface area contributed by atoms with E-state index in [0.717, 1.165) is 12.8 Å². The number of carboxylic acids is 1. The maximum absolute atomic E-state index is 12.0. The summed E-state index contributed by atoms with van der Waals surface area (Å²) in [5.41, 5.74) is 0. The summed E-state index contributed by atoms with van der Waals surface area (Å²) < 4.78 is 5.83. The van der Waals surface area contributed by atoms with Crippen LogP contribution in [-0.2, 0) is 14.3 Å². The Morgan fingerprint density at radius 1 is 0.735 bits per heavy atom. The van der Waals surface area contributed by atoms with Gasteiger partial charge in [-0.1, -0.05) is 116 Å². The molecule has 0 aromatic carbocycles. The van der Waals surface area contributed by atoms with Crippen LogP contribution in [0.15, 0.2) is 12.2 Å². The van der Waals surface area contributed by atoms with Crippen LogP contribution in [0.2, 0.25) is 0 Å². The minimum absolute atomic E-state index is 0.270. The molecular weight excluding hydrogens is 426 g/mol. The van der Waals surface area contributed by atoms with Gasteiger partial charge in [-0.3, -0.25) is 0 Å². The van der Waals surface area contributed by atoms with E-state index in [-0.39, 0.29) is 6.42 Å². The number of quaternary nitrogens is 1. The highest BCUT2D eigenvalue weighted by molar-refractivity contribution is 5.82. The van der Waals surface area contributed by atoms with Crippen molar-refractivity contribution in [2.45, 2.75) is 135 Å². The smallest absolute Gasteiger partial charge is 0.330 e. The lowest BCUT2D eigenvalue weighted by Gasteiger charge is -2.29. The number of allylic oxidation sites excluding steroid dienone is 1. The van der Waals surface area contributed by atoms with Crippen LogP contribution in [0.4, 0.5) is 0 Å². The maximum atomic E-state index is 12.0. The number of esters is 1. The number of nitrogens with zero attached hydrogens (tertiary/aromatic N) is 1. The summed E-state index contributed by atoms with van der Waals surface area (Å²) in [6.07, 6.45) is 26.2. The molecule has 0 saturated heterocycles. The van der Waals surface area contributed by atoms with Crippen molar-refractivity contribution in [2.75, 3.05) is 27.7 Å². The van der Waals surface area contributed by atoms with Crippen molar-refractivity contribution < 1.29 is 23.9 Å². The lowest BCUT2D eigenvalue weighted by atomic mass is 10.0. The minimum Gasteiger partial charge on any atom is -0.550 e. The first kappa shape index (κ1) is 32.6. The average molecular weight is 482 g/mol. The van der Waals surface area contributed by atoms with Crippen molar-refractivity contribution in [3.63, 3.8) is 0 Å². The summed E-state index contributed by atoms with van der Waals surface area (Å²) >= 11 is 0. The second-order valence-corrected chi connectivity index (χ2v) is 11.0. The molecule has 0 aliphatic rings. The van der Waals surface area contributed by atoms with Gasteiger partial charge in [-0.25, -0.2) is 4.79 Å². The molecule has 0 bridgehead atoms. The molecule has 1 unspecified atom stereocenters. The summed E-state index contributed by atoms with van der Waals surface area (Å²) in [6.45, 7) is 2.71. The number of hydrogen-bond acceptors (Lipinski definition) is 4. The number of hydrogen-bond donors (Lipinski definition) is 0. The fraction of sp³-hybridized carbons (Fsp3) is 0.862. The molecule has 0 radical (unpaired) electrons. The third-order valence-corrected chi connectivity index (χ3v) is 6.16. The summed E-state index contributed by atoms with van der Waals surface area (Å²) in [7, 11) is 5.80. The quantitative estimate of drug-likeness (QED) is 0.0698. The molecule has 0 rings (SSSR count). The first-order valence-electron chi connectivity index (χ1n) is 14.1. The Balaban J connectivity index is 3.54. The highest BCUT2D eigenvalue weighted by Crippen LogP contribution is 2.14. The molecule has 0 N–H and O–H groups in total. The molecular formula is C29H55NO4. The Kier molecular flexibility index (Phi) is 21.2. The molecule has 0 aliphatic carbocycles. The number of carbonyl (C=O) groups excluding carboxylic acids is 2. The van der Waals surface area contributed by atoms with Gasteiger partial charge in [0.1, 0.15) is 6.54 Å². The van der Waals surface area contributed by atoms with Crippen molar-refractivity contribution >= 4 is 11.9 Å². The Morgan fingerprint density at radius 2 is 1.15 bits per heavy atom. The first-order valence-corrected chi connectivity index (χ1v) is 14.1. The molecule has 0 aromatic rings. The zero-order valence-corrected chi connectivity index (χ0v) is 23.0. The fourth-order valence-electron chi connectivity index (χ4n) is 4.31. The van der Waals surface area contributed by atoms with E-state index < -0.39 is 18.0 Å². The largest absolute Gasteiger partial charge is 0.550 e. The third-order valence-electron chi connectivity index (χ3n) is 6.16. The van der Waals surface area contributed by atoms with Crippen LogP contribution >= 0.6 is 0 Å². The van der Waals surface area contributed by atoms with Crippen LogP contribution in [0.1, 0.15) is 129 Å². The molecule has 0 aliphatic heterocycles. The van der Waals surface area contributed by atoms with Crippen molar-refractivity contribution in [3.8, 4) is 0 Å². The summed E-state index contributed by atoms with van der Waals surface area (Å²) in [5.74, 6) is -1.66. The van der Waals surface area contributed by atoms with Crippen LogP contribution in [0, 0.1) is 0 Å². The lowest BCUT2D eigenvalue weighted by molar-refractivity contribution is -0.873. The summed E-state index contributed by atoms with van der Waals surface area (Å²) in [5, 5.41) is 10.9. The van der Waals surface area contributed by atoms with Gasteiger partial charge in [0.25, 0.3) is 0 Å². The molecule has 5 heteroatoms. The Labute approximate surface area is 210 Å². The number of carbonyl (C=O) groups is 2. The molecule has 0 spiro atoms.